The molecule has 0 radical (unpaired) electrons. The van der Waals surface area contributed by atoms with E-state index in [0.717, 1.165) is 28.6 Å². The second-order valence-electron chi connectivity index (χ2n) is 6.33. The van der Waals surface area contributed by atoms with Crippen molar-refractivity contribution in [2.45, 2.75) is 25.4 Å². The molecule has 25 heavy (non-hydrogen) atoms. The molecule has 3 rings (SSSR count). The molecule has 2 heterocycles. The zero-order chi connectivity index (χ0) is 17.9. The molecule has 1 saturated heterocycles. The first-order chi connectivity index (χ1) is 12.0. The molecule has 0 saturated carbocycles. The zero-order valence-electron chi connectivity index (χ0n) is 14.4. The molecule has 1 aromatic heterocycles. The van der Waals surface area contributed by atoms with E-state index in [0.29, 0.717) is 30.3 Å². The SMILES string of the molecule is COc1ccccc1C1(O)CC[NH+](CC(=O)Nc2nnc(C)s2)CC1. The van der Waals surface area contributed by atoms with Gasteiger partial charge in [-0.1, -0.05) is 29.5 Å². The summed E-state index contributed by atoms with van der Waals surface area (Å²) in [5, 5.41) is 23.0. The Hall–Kier alpha value is -2.03. The smallest absolute Gasteiger partial charge is 0.281 e. The van der Waals surface area contributed by atoms with Crippen LogP contribution in [0.1, 0.15) is 23.4 Å². The van der Waals surface area contributed by atoms with Gasteiger partial charge in [-0.2, -0.15) is 0 Å². The Morgan fingerprint density at radius 1 is 1.36 bits per heavy atom. The second kappa shape index (κ2) is 7.47. The van der Waals surface area contributed by atoms with Crippen LogP contribution in [0.4, 0.5) is 5.13 Å². The minimum absolute atomic E-state index is 0.0751. The molecule has 1 aliphatic rings. The maximum atomic E-state index is 12.1. The third-order valence-corrected chi connectivity index (χ3v) is 5.33. The number of nitrogens with zero attached hydrogens (tertiary/aromatic N) is 2. The van der Waals surface area contributed by atoms with Crippen LogP contribution >= 0.6 is 11.3 Å². The predicted molar refractivity (Wildman–Crippen MR) is 95.0 cm³/mol. The summed E-state index contributed by atoms with van der Waals surface area (Å²) in [6, 6.07) is 7.58. The summed E-state index contributed by atoms with van der Waals surface area (Å²) >= 11 is 1.36. The number of carbonyl (C=O) groups excluding carboxylic acids is 1. The highest BCUT2D eigenvalue weighted by Crippen LogP contribution is 2.35. The van der Waals surface area contributed by atoms with Crippen LogP contribution in [0.2, 0.25) is 0 Å². The van der Waals surface area contributed by atoms with Crippen molar-refractivity contribution < 1.29 is 19.5 Å². The van der Waals surface area contributed by atoms with Crippen LogP contribution in [-0.4, -0.2) is 48.0 Å². The fraction of sp³-hybridized carbons (Fsp3) is 0.471. The Labute approximate surface area is 150 Å². The number of methoxy groups -OCH3 is 1. The zero-order valence-corrected chi connectivity index (χ0v) is 15.2. The van der Waals surface area contributed by atoms with Crippen LogP contribution in [-0.2, 0) is 10.4 Å². The lowest BCUT2D eigenvalue weighted by molar-refractivity contribution is -0.899. The monoisotopic (exact) mass is 363 g/mol. The summed E-state index contributed by atoms with van der Waals surface area (Å²) in [6.45, 7) is 3.65. The Bertz CT molecular complexity index is 741. The topological polar surface area (TPSA) is 88.8 Å². The number of aliphatic hydroxyl groups is 1. The number of rotatable bonds is 5. The number of aromatic nitrogens is 2. The van der Waals surface area contributed by atoms with Crippen LogP contribution in [0.5, 0.6) is 5.75 Å². The molecule has 1 aromatic carbocycles. The van der Waals surface area contributed by atoms with Crippen LogP contribution in [0.15, 0.2) is 24.3 Å². The lowest BCUT2D eigenvalue weighted by Crippen LogP contribution is -3.14. The summed E-state index contributed by atoms with van der Waals surface area (Å²) in [5.41, 5.74) is -0.0755. The molecule has 1 fully saturated rings. The van der Waals surface area contributed by atoms with Crippen molar-refractivity contribution in [1.29, 1.82) is 0 Å². The summed E-state index contributed by atoms with van der Waals surface area (Å²) in [7, 11) is 1.61. The fourth-order valence-corrected chi connectivity index (χ4v) is 3.84. The van der Waals surface area contributed by atoms with Crippen LogP contribution in [0.25, 0.3) is 0 Å². The number of likely N-dealkylation sites (tertiary alicyclic amines) is 1. The van der Waals surface area contributed by atoms with Crippen LogP contribution < -0.4 is 15.0 Å². The van der Waals surface area contributed by atoms with E-state index >= 15 is 0 Å². The minimum Gasteiger partial charge on any atom is -0.496 e. The van der Waals surface area contributed by atoms with Gasteiger partial charge in [0.2, 0.25) is 5.13 Å². The Balaban J connectivity index is 1.57. The molecular weight excluding hydrogens is 340 g/mol. The number of hydrogen-bond acceptors (Lipinski definition) is 6. The molecule has 134 valence electrons. The van der Waals surface area contributed by atoms with E-state index in [1.165, 1.54) is 11.3 Å². The minimum atomic E-state index is -0.900. The van der Waals surface area contributed by atoms with Crippen molar-refractivity contribution in [1.82, 2.24) is 10.2 Å². The Kier molecular flexibility index (Phi) is 5.31. The lowest BCUT2D eigenvalue weighted by Gasteiger charge is -2.36. The number of nitrogens with one attached hydrogen (secondary N) is 2. The van der Waals surface area contributed by atoms with E-state index in [4.69, 9.17) is 4.74 Å². The van der Waals surface area contributed by atoms with Crippen molar-refractivity contribution in [3.05, 3.63) is 34.8 Å². The number of aryl methyl sites for hydroxylation is 1. The number of benzene rings is 1. The summed E-state index contributed by atoms with van der Waals surface area (Å²) in [5.74, 6) is 0.631. The van der Waals surface area contributed by atoms with Crippen molar-refractivity contribution in [3.63, 3.8) is 0 Å². The summed E-state index contributed by atoms with van der Waals surface area (Å²) in [4.78, 5) is 13.3. The van der Waals surface area contributed by atoms with Gasteiger partial charge in [-0.25, -0.2) is 0 Å². The number of carbonyl (C=O) groups is 1. The molecule has 0 atom stereocenters. The lowest BCUT2D eigenvalue weighted by atomic mass is 9.84. The molecule has 0 spiro atoms. The second-order valence-corrected chi connectivity index (χ2v) is 7.51. The van der Waals surface area contributed by atoms with Gasteiger partial charge in [-0.3, -0.25) is 10.1 Å². The Morgan fingerprint density at radius 3 is 2.72 bits per heavy atom. The van der Waals surface area contributed by atoms with Crippen molar-refractivity contribution in [3.8, 4) is 5.75 Å². The first kappa shape index (κ1) is 17.8. The number of anilines is 1. The van der Waals surface area contributed by atoms with Crippen LogP contribution in [0.3, 0.4) is 0 Å². The number of amides is 1. The van der Waals surface area contributed by atoms with E-state index in [9.17, 15) is 9.90 Å². The van der Waals surface area contributed by atoms with Gasteiger partial charge in [0.15, 0.2) is 6.54 Å². The number of para-hydroxylation sites is 1. The third kappa shape index (κ3) is 4.15. The highest BCUT2D eigenvalue weighted by molar-refractivity contribution is 7.15. The van der Waals surface area contributed by atoms with Crippen LogP contribution in [0, 0.1) is 6.92 Å². The molecule has 8 heteroatoms. The quantitative estimate of drug-likeness (QED) is 0.714. The molecule has 0 bridgehead atoms. The normalized spacial score (nSPS) is 23.2. The molecule has 2 aromatic rings. The van der Waals surface area contributed by atoms with Crippen molar-refractivity contribution in [2.75, 3.05) is 32.1 Å². The number of piperidine rings is 1. The molecular formula is C17H23N4O3S+. The molecule has 7 nitrogen and oxygen atoms in total. The number of hydrogen-bond donors (Lipinski definition) is 3. The molecule has 1 amide bonds. The molecule has 0 aliphatic carbocycles. The van der Waals surface area contributed by atoms with Gasteiger partial charge in [0.1, 0.15) is 16.4 Å². The first-order valence-electron chi connectivity index (χ1n) is 8.29. The van der Waals surface area contributed by atoms with Gasteiger partial charge >= 0.3 is 0 Å². The standard InChI is InChI=1S/C17H22N4O3S/c1-12-19-20-16(25-12)18-15(22)11-21-9-7-17(23,8-10-21)13-5-3-4-6-14(13)24-2/h3-6,23H,7-11H2,1-2H3,(H,18,20,22)/p+1. The van der Waals surface area contributed by atoms with E-state index in [1.54, 1.807) is 7.11 Å². The fourth-order valence-electron chi connectivity index (χ4n) is 3.23. The average Bonchev–Trinajstić information content (AvgIpc) is 3.01. The third-order valence-electron chi connectivity index (χ3n) is 4.58. The van der Waals surface area contributed by atoms with Gasteiger partial charge in [0.05, 0.1) is 20.2 Å². The average molecular weight is 363 g/mol. The van der Waals surface area contributed by atoms with Gasteiger partial charge in [0.25, 0.3) is 5.91 Å². The highest BCUT2D eigenvalue weighted by Gasteiger charge is 2.38. The van der Waals surface area contributed by atoms with E-state index in [2.05, 4.69) is 15.5 Å². The van der Waals surface area contributed by atoms with Gasteiger partial charge < -0.3 is 14.7 Å². The van der Waals surface area contributed by atoms with Gasteiger partial charge in [-0.15, -0.1) is 10.2 Å². The van der Waals surface area contributed by atoms with E-state index in [-0.39, 0.29) is 5.91 Å². The predicted octanol–water partition coefficient (Wildman–Crippen LogP) is 0.360. The summed E-state index contributed by atoms with van der Waals surface area (Å²) < 4.78 is 5.38. The number of ether oxygens (including phenoxy) is 1. The number of quaternary nitrogens is 1. The highest BCUT2D eigenvalue weighted by atomic mass is 32.1. The van der Waals surface area contributed by atoms with Gasteiger partial charge in [0, 0.05) is 18.4 Å². The summed E-state index contributed by atoms with van der Waals surface area (Å²) in [6.07, 6.45) is 1.18. The largest absolute Gasteiger partial charge is 0.496 e. The van der Waals surface area contributed by atoms with Crippen molar-refractivity contribution in [2.24, 2.45) is 0 Å². The molecule has 0 unspecified atom stereocenters. The maximum Gasteiger partial charge on any atom is 0.281 e. The van der Waals surface area contributed by atoms with Crippen molar-refractivity contribution >= 4 is 22.4 Å². The van der Waals surface area contributed by atoms with E-state index in [1.807, 2.05) is 31.2 Å². The first-order valence-corrected chi connectivity index (χ1v) is 9.11. The van der Waals surface area contributed by atoms with Gasteiger partial charge in [-0.05, 0) is 13.0 Å². The Morgan fingerprint density at radius 2 is 2.08 bits per heavy atom. The molecule has 3 N–H and O–H groups in total. The molecule has 1 aliphatic heterocycles. The van der Waals surface area contributed by atoms with E-state index < -0.39 is 5.60 Å². The maximum absolute atomic E-state index is 12.1.